The van der Waals surface area contributed by atoms with Crippen molar-refractivity contribution in [3.63, 3.8) is 0 Å². The number of aromatic nitrogens is 5. The quantitative estimate of drug-likeness (QED) is 0.389. The van der Waals surface area contributed by atoms with Crippen LogP contribution < -0.4 is 10.2 Å². The molecule has 108 valence electrons. The minimum atomic E-state index is -0.238. The number of aromatic amines is 1. The summed E-state index contributed by atoms with van der Waals surface area (Å²) >= 11 is 1.48. The summed E-state index contributed by atoms with van der Waals surface area (Å²) in [5, 5.41) is 28.4. The molecule has 0 radical (unpaired) electrons. The molecule has 2 heterocycles. The van der Waals surface area contributed by atoms with Crippen molar-refractivity contribution in [1.82, 2.24) is 25.9 Å². The summed E-state index contributed by atoms with van der Waals surface area (Å²) in [4.78, 5) is 12.3. The maximum Gasteiger partial charge on any atom is 0.251 e. The predicted molar refractivity (Wildman–Crippen MR) is 72.4 cm³/mol. The van der Waals surface area contributed by atoms with Gasteiger partial charge in [-0.1, -0.05) is 0 Å². The third kappa shape index (κ3) is 2.94. The number of H-pyrrole nitrogens is 1. The van der Waals surface area contributed by atoms with Crippen molar-refractivity contribution in [3.8, 4) is 0 Å². The molecule has 10 heteroatoms. The van der Waals surface area contributed by atoms with Gasteiger partial charge < -0.3 is 10.5 Å². The highest BCUT2D eigenvalue weighted by atomic mass is 32.2. The molecule has 0 fully saturated rings. The fourth-order valence-electron chi connectivity index (χ4n) is 1.70. The van der Waals surface area contributed by atoms with Crippen molar-refractivity contribution in [1.29, 1.82) is 0 Å². The van der Waals surface area contributed by atoms with Crippen molar-refractivity contribution in [3.05, 3.63) is 35.2 Å². The Balaban J connectivity index is 1.56. The number of amides is 1. The Hall–Kier alpha value is -2.62. The van der Waals surface area contributed by atoms with Gasteiger partial charge in [-0.25, -0.2) is 0 Å². The molecule has 0 aliphatic heterocycles. The van der Waals surface area contributed by atoms with Crippen molar-refractivity contribution in [2.24, 2.45) is 0 Å². The maximum atomic E-state index is 12.0. The first kappa shape index (κ1) is 13.4. The lowest BCUT2D eigenvalue weighted by Crippen LogP contribution is -2.26. The lowest BCUT2D eigenvalue weighted by Gasteiger charge is -2.03. The van der Waals surface area contributed by atoms with Crippen LogP contribution in [0.1, 0.15) is 10.4 Å². The third-order valence-corrected chi connectivity index (χ3v) is 3.58. The van der Waals surface area contributed by atoms with Crippen molar-refractivity contribution in [2.45, 2.75) is 5.03 Å². The molecule has 0 atom stereocenters. The summed E-state index contributed by atoms with van der Waals surface area (Å²) in [6.45, 7) is 0.481. The fourth-order valence-corrected chi connectivity index (χ4v) is 2.35. The number of benzene rings is 1. The highest BCUT2D eigenvalue weighted by Gasteiger charge is 2.13. The van der Waals surface area contributed by atoms with Crippen LogP contribution in [0.15, 0.2) is 34.1 Å². The smallest absolute Gasteiger partial charge is 0.251 e. The molecule has 0 spiro atoms. The molecule has 1 amide bonds. The van der Waals surface area contributed by atoms with Gasteiger partial charge in [-0.2, -0.15) is 10.3 Å². The highest BCUT2D eigenvalue weighted by molar-refractivity contribution is 7.99. The van der Waals surface area contributed by atoms with E-state index in [-0.39, 0.29) is 11.4 Å². The summed E-state index contributed by atoms with van der Waals surface area (Å²) in [7, 11) is 0. The topological polar surface area (TPSA) is 124 Å². The first-order valence-corrected chi connectivity index (χ1v) is 6.99. The molecule has 2 N–H and O–H groups in total. The molecule has 0 unspecified atom stereocenters. The molecule has 0 bridgehead atoms. The van der Waals surface area contributed by atoms with Crippen LogP contribution in [0.5, 0.6) is 0 Å². The standard InChI is InChI=1S/C11H10N6O3S/c18-11(12-3-4-21-10-6-13-16-14-10)7-1-2-9-8(5-7)15-20-17(9)19/h1-2,5-6H,3-4H2,(H,12,18)(H,13,14,16). The molecular formula is C11H10N6O3S. The van der Waals surface area contributed by atoms with Gasteiger partial charge in [-0.3, -0.25) is 9.42 Å². The molecule has 3 rings (SSSR count). The minimum Gasteiger partial charge on any atom is -0.359 e. The van der Waals surface area contributed by atoms with Gasteiger partial charge in [0.15, 0.2) is 0 Å². The Labute approximate surface area is 122 Å². The van der Waals surface area contributed by atoms with E-state index in [9.17, 15) is 10.0 Å². The normalized spacial score (nSPS) is 10.9. The lowest BCUT2D eigenvalue weighted by molar-refractivity contribution is -0.782. The second-order valence-corrected chi connectivity index (χ2v) is 5.16. The van der Waals surface area contributed by atoms with Crippen LogP contribution in [0.4, 0.5) is 0 Å². The summed E-state index contributed by atoms with van der Waals surface area (Å²) < 4.78 is 4.45. The van der Waals surface area contributed by atoms with E-state index in [4.69, 9.17) is 0 Å². The van der Waals surface area contributed by atoms with Crippen LogP contribution in [0.25, 0.3) is 11.0 Å². The van der Waals surface area contributed by atoms with Crippen LogP contribution in [0.3, 0.4) is 0 Å². The zero-order valence-electron chi connectivity index (χ0n) is 10.6. The molecule has 9 nitrogen and oxygen atoms in total. The van der Waals surface area contributed by atoms with Gasteiger partial charge in [-0.05, 0) is 17.0 Å². The average Bonchev–Trinajstić information content (AvgIpc) is 3.13. The number of nitrogens with zero attached hydrogens (tertiary/aromatic N) is 4. The molecule has 0 aliphatic carbocycles. The van der Waals surface area contributed by atoms with E-state index >= 15 is 0 Å². The van der Waals surface area contributed by atoms with Crippen molar-refractivity contribution >= 4 is 28.7 Å². The first-order valence-electron chi connectivity index (χ1n) is 6.00. The maximum absolute atomic E-state index is 12.0. The van der Waals surface area contributed by atoms with Crippen LogP contribution in [-0.2, 0) is 0 Å². The Bertz CT molecular complexity index is 757. The van der Waals surface area contributed by atoms with Gasteiger partial charge in [0.25, 0.3) is 5.91 Å². The van der Waals surface area contributed by atoms with E-state index < -0.39 is 0 Å². The van der Waals surface area contributed by atoms with Crippen molar-refractivity contribution < 1.29 is 14.3 Å². The Morgan fingerprint density at radius 3 is 3.24 bits per heavy atom. The van der Waals surface area contributed by atoms with Crippen molar-refractivity contribution in [2.75, 3.05) is 12.3 Å². The summed E-state index contributed by atoms with van der Waals surface area (Å²) in [6.07, 6.45) is 1.61. The van der Waals surface area contributed by atoms with E-state index in [0.29, 0.717) is 28.3 Å². The van der Waals surface area contributed by atoms with Crippen LogP contribution >= 0.6 is 11.8 Å². The second kappa shape index (κ2) is 5.79. The number of hydrogen-bond acceptors (Lipinski definition) is 7. The monoisotopic (exact) mass is 306 g/mol. The van der Waals surface area contributed by atoms with Gasteiger partial charge >= 0.3 is 0 Å². The van der Waals surface area contributed by atoms with E-state index in [0.717, 1.165) is 5.03 Å². The molecule has 0 aliphatic rings. The summed E-state index contributed by atoms with van der Waals surface area (Å²) in [5.41, 5.74) is 1.05. The number of carbonyl (C=O) groups is 1. The third-order valence-electron chi connectivity index (χ3n) is 2.68. The summed E-state index contributed by atoms with van der Waals surface area (Å²) in [6, 6.07) is 4.55. The fraction of sp³-hybridized carbons (Fsp3) is 0.182. The zero-order valence-corrected chi connectivity index (χ0v) is 11.5. The molecular weight excluding hydrogens is 296 g/mol. The number of rotatable bonds is 5. The molecule has 1 aromatic carbocycles. The summed E-state index contributed by atoms with van der Waals surface area (Å²) in [5.74, 6) is 0.434. The molecule has 0 saturated heterocycles. The van der Waals surface area contributed by atoms with Crippen LogP contribution in [0.2, 0.25) is 0 Å². The minimum absolute atomic E-state index is 0.238. The van der Waals surface area contributed by atoms with E-state index in [2.05, 4.69) is 30.5 Å². The van der Waals surface area contributed by atoms with Gasteiger partial charge in [0.1, 0.15) is 5.03 Å². The van der Waals surface area contributed by atoms with Gasteiger partial charge in [0.05, 0.1) is 6.20 Å². The van der Waals surface area contributed by atoms with Crippen LogP contribution in [-0.4, -0.2) is 38.8 Å². The lowest BCUT2D eigenvalue weighted by atomic mass is 10.2. The van der Waals surface area contributed by atoms with E-state index in [1.807, 2.05) is 0 Å². The molecule has 21 heavy (non-hydrogen) atoms. The second-order valence-electron chi connectivity index (χ2n) is 4.05. The predicted octanol–water partition coefficient (Wildman–Crippen LogP) is 0.101. The van der Waals surface area contributed by atoms with E-state index in [1.54, 1.807) is 12.3 Å². The van der Waals surface area contributed by atoms with Gasteiger partial charge in [0.2, 0.25) is 11.0 Å². The van der Waals surface area contributed by atoms with Crippen LogP contribution in [0, 0.1) is 5.21 Å². The largest absolute Gasteiger partial charge is 0.359 e. The first-order chi connectivity index (χ1) is 10.2. The number of hydrogen-bond donors (Lipinski definition) is 2. The molecule has 3 aromatic rings. The SMILES string of the molecule is O=C(NCCSc1cn[nH]n1)c1ccc2c(c1)no[n+]2[O-]. The van der Waals surface area contributed by atoms with E-state index in [1.165, 1.54) is 23.9 Å². The van der Waals surface area contributed by atoms with Gasteiger partial charge in [-0.15, -0.1) is 16.9 Å². The highest BCUT2D eigenvalue weighted by Crippen LogP contribution is 2.12. The number of carbonyl (C=O) groups excluding carboxylic acids is 1. The number of fused-ring (bicyclic) bond motifs is 1. The molecule has 0 saturated carbocycles. The average molecular weight is 306 g/mol. The molecule has 2 aromatic heterocycles. The Morgan fingerprint density at radius 2 is 2.43 bits per heavy atom. The number of thioether (sulfide) groups is 1. The van der Waals surface area contributed by atoms with Gasteiger partial charge in [0, 0.05) is 29.1 Å². The Kier molecular flexibility index (Phi) is 3.69. The number of nitrogens with one attached hydrogen (secondary N) is 2. The zero-order chi connectivity index (χ0) is 14.7. The Morgan fingerprint density at radius 1 is 1.52 bits per heavy atom.